The van der Waals surface area contributed by atoms with E-state index in [1.807, 2.05) is 13.0 Å². The summed E-state index contributed by atoms with van der Waals surface area (Å²) in [6, 6.07) is 0. The van der Waals surface area contributed by atoms with E-state index in [1.54, 1.807) is 6.08 Å². The van der Waals surface area contributed by atoms with Crippen molar-refractivity contribution < 1.29 is 13.0 Å². The van der Waals surface area contributed by atoms with Crippen LogP contribution >= 0.6 is 0 Å². The number of rotatable bonds is 1. The fraction of sp³-hybridized carbons (Fsp3) is 0.500. The molecule has 0 bridgehead atoms. The largest absolute Gasteiger partial charge is 0.285 e. The van der Waals surface area contributed by atoms with E-state index in [1.165, 1.54) is 13.0 Å². The maximum atomic E-state index is 10.9. The molecule has 3 nitrogen and oxygen atoms in total. The first-order valence-electron chi connectivity index (χ1n) is 3.67. The van der Waals surface area contributed by atoms with Crippen LogP contribution in [0.5, 0.6) is 0 Å². The van der Waals surface area contributed by atoms with Gasteiger partial charge in [-0.3, -0.25) is 4.55 Å². The van der Waals surface area contributed by atoms with Gasteiger partial charge in [0, 0.05) is 29.6 Å². The van der Waals surface area contributed by atoms with Gasteiger partial charge >= 0.3 is 0 Å². The smallest absolute Gasteiger partial charge is 0.274 e. The summed E-state index contributed by atoms with van der Waals surface area (Å²) < 4.78 is 29.6. The average molecular weight is 211 g/mol. The fourth-order valence-electron chi connectivity index (χ4n) is 1.26. The van der Waals surface area contributed by atoms with Crippen LogP contribution in [0.4, 0.5) is 0 Å². The van der Waals surface area contributed by atoms with E-state index in [4.69, 9.17) is 4.55 Å². The van der Waals surface area contributed by atoms with Crippen LogP contribution in [0.3, 0.4) is 0 Å². The molecule has 5 heteroatoms. The van der Waals surface area contributed by atoms with Crippen LogP contribution in [0.15, 0.2) is 23.8 Å². The molecule has 69 valence electrons. The molecule has 1 atom stereocenters. The molecule has 1 unspecified atom stereocenters. The first-order chi connectivity index (χ1) is 5.35. The van der Waals surface area contributed by atoms with Gasteiger partial charge in [0.1, 0.15) is 4.75 Å². The van der Waals surface area contributed by atoms with Crippen molar-refractivity contribution in [2.45, 2.75) is 25.0 Å². The number of allylic oxidation sites excluding steroid dienone is 3. The van der Waals surface area contributed by atoms with Gasteiger partial charge < -0.3 is 0 Å². The Bertz CT molecular complexity index is 342. The summed E-state index contributed by atoms with van der Waals surface area (Å²) in [5.74, 6) is 0. The minimum Gasteiger partial charge on any atom is -0.285 e. The molecule has 0 heterocycles. The zero-order valence-electron chi connectivity index (χ0n) is 8.11. The topological polar surface area (TPSA) is 54.4 Å². The Morgan fingerprint density at radius 3 is 2.38 bits per heavy atom. The van der Waals surface area contributed by atoms with Crippen LogP contribution in [0.1, 0.15) is 20.3 Å². The van der Waals surface area contributed by atoms with Crippen molar-refractivity contribution in [3.05, 3.63) is 23.8 Å². The van der Waals surface area contributed by atoms with Crippen LogP contribution in [0.25, 0.3) is 0 Å². The van der Waals surface area contributed by atoms with Crippen LogP contribution in [-0.2, 0) is 10.1 Å². The molecule has 0 aromatic rings. The molecule has 13 heavy (non-hydrogen) atoms. The third kappa shape index (κ3) is 2.92. The zero-order chi connectivity index (χ0) is 9.41. The summed E-state index contributed by atoms with van der Waals surface area (Å²) in [6.45, 7) is 3.35. The first kappa shape index (κ1) is 13.4. The molecule has 1 aliphatic rings. The molecule has 0 fully saturated rings. The molecule has 0 aromatic carbocycles. The summed E-state index contributed by atoms with van der Waals surface area (Å²) in [4.78, 5) is 0. The van der Waals surface area contributed by atoms with Gasteiger partial charge in [-0.1, -0.05) is 23.8 Å². The van der Waals surface area contributed by atoms with E-state index < -0.39 is 14.9 Å². The van der Waals surface area contributed by atoms with Crippen molar-refractivity contribution in [2.24, 2.45) is 0 Å². The van der Waals surface area contributed by atoms with Gasteiger partial charge in [0.2, 0.25) is 0 Å². The Labute approximate surface area is 101 Å². The van der Waals surface area contributed by atoms with Gasteiger partial charge in [0.05, 0.1) is 0 Å². The second-order valence-corrected chi connectivity index (χ2v) is 5.22. The van der Waals surface area contributed by atoms with Crippen molar-refractivity contribution in [1.29, 1.82) is 0 Å². The molecule has 0 amide bonds. The molecule has 0 saturated heterocycles. The first-order valence-corrected chi connectivity index (χ1v) is 5.11. The molecule has 1 N–H and O–H groups in total. The Hall–Kier alpha value is 0.390. The van der Waals surface area contributed by atoms with Gasteiger partial charge in [-0.25, -0.2) is 0 Å². The van der Waals surface area contributed by atoms with Crippen LogP contribution in [0, 0.1) is 0 Å². The predicted molar refractivity (Wildman–Crippen MR) is 53.2 cm³/mol. The van der Waals surface area contributed by atoms with Crippen LogP contribution in [-0.4, -0.2) is 47.3 Å². The zero-order valence-corrected chi connectivity index (χ0v) is 10.9. The van der Waals surface area contributed by atoms with Crippen LogP contribution in [0.2, 0.25) is 0 Å². The Kier molecular flexibility index (Phi) is 4.40. The molecule has 0 saturated carbocycles. The van der Waals surface area contributed by atoms with Crippen molar-refractivity contribution in [2.75, 3.05) is 0 Å². The Balaban J connectivity index is 0.00000144. The third-order valence-electron chi connectivity index (χ3n) is 2.05. The molecule has 1 radical (unpaired) electrons. The molecule has 1 rings (SSSR count). The summed E-state index contributed by atoms with van der Waals surface area (Å²) in [5.41, 5.74) is 0.956. The third-order valence-corrected chi connectivity index (χ3v) is 3.51. The Morgan fingerprint density at radius 1 is 1.54 bits per heavy atom. The van der Waals surface area contributed by atoms with Gasteiger partial charge in [0.15, 0.2) is 0 Å². The second kappa shape index (κ2) is 4.28. The van der Waals surface area contributed by atoms with Gasteiger partial charge in [0.25, 0.3) is 10.1 Å². The number of hydrogen-bond donors (Lipinski definition) is 1. The fourth-order valence-corrected chi connectivity index (χ4v) is 1.93. The predicted octanol–water partition coefficient (Wildman–Crippen LogP) is 1.16. The van der Waals surface area contributed by atoms with E-state index in [9.17, 15) is 8.42 Å². The monoisotopic (exact) mass is 211 g/mol. The van der Waals surface area contributed by atoms with Gasteiger partial charge in [-0.2, -0.15) is 8.42 Å². The van der Waals surface area contributed by atoms with Gasteiger partial charge in [-0.15, -0.1) is 0 Å². The summed E-state index contributed by atoms with van der Waals surface area (Å²) in [6.07, 6.45) is 5.37. The van der Waals surface area contributed by atoms with Crippen molar-refractivity contribution >= 4 is 39.7 Å². The summed E-state index contributed by atoms with van der Waals surface area (Å²) in [5, 5.41) is 0. The quantitative estimate of drug-likeness (QED) is 0.523. The van der Waals surface area contributed by atoms with Crippen molar-refractivity contribution in [3.8, 4) is 0 Å². The molecule has 0 aromatic heterocycles. The minimum absolute atomic E-state index is 0. The minimum atomic E-state index is -3.99. The SMILES string of the molecule is CC1=CC=CC(C)(S(=O)(=O)O)C1.[Na]. The molecule has 0 spiro atoms. The van der Waals surface area contributed by atoms with E-state index in [2.05, 4.69) is 0 Å². The molecular formula is C8H12NaO3S. The normalized spacial score (nSPS) is 27.8. The van der Waals surface area contributed by atoms with Gasteiger partial charge in [-0.05, 0) is 20.3 Å². The second-order valence-electron chi connectivity index (χ2n) is 3.34. The standard InChI is InChI=1S/C8H12O3S.Na/c1-7-4-3-5-8(2,6-7)12(9,10)11;/h3-5H,6H2,1-2H3,(H,9,10,11);. The van der Waals surface area contributed by atoms with Crippen LogP contribution < -0.4 is 0 Å². The van der Waals surface area contributed by atoms with Crippen molar-refractivity contribution in [3.63, 3.8) is 0 Å². The summed E-state index contributed by atoms with van der Waals surface area (Å²) >= 11 is 0. The van der Waals surface area contributed by atoms with Crippen molar-refractivity contribution in [1.82, 2.24) is 0 Å². The van der Waals surface area contributed by atoms with E-state index in [0.717, 1.165) is 5.57 Å². The molecule has 1 aliphatic carbocycles. The van der Waals surface area contributed by atoms with E-state index in [-0.39, 0.29) is 29.6 Å². The van der Waals surface area contributed by atoms with E-state index in [0.29, 0.717) is 6.42 Å². The molecular weight excluding hydrogens is 199 g/mol. The maximum absolute atomic E-state index is 10.9. The number of hydrogen-bond acceptors (Lipinski definition) is 2. The Morgan fingerprint density at radius 2 is 2.08 bits per heavy atom. The van der Waals surface area contributed by atoms with E-state index >= 15 is 0 Å². The molecule has 0 aliphatic heterocycles. The summed E-state index contributed by atoms with van der Waals surface area (Å²) in [7, 11) is -3.99. The maximum Gasteiger partial charge on any atom is 0.274 e. The average Bonchev–Trinajstić information content (AvgIpc) is 1.83.